The average molecular weight is 311 g/mol. The Morgan fingerprint density at radius 2 is 1.96 bits per heavy atom. The topological polar surface area (TPSA) is 79.8 Å². The van der Waals surface area contributed by atoms with Crippen molar-refractivity contribution in [2.75, 3.05) is 7.11 Å². The summed E-state index contributed by atoms with van der Waals surface area (Å²) >= 11 is 0. The average Bonchev–Trinajstić information content (AvgIpc) is 3.38. The van der Waals surface area contributed by atoms with Crippen molar-refractivity contribution in [3.05, 3.63) is 42.0 Å². The third-order valence-corrected chi connectivity index (χ3v) is 3.63. The number of carbonyl (C=O) groups excluding carboxylic acids is 2. The molecule has 6 nitrogen and oxygen atoms in total. The summed E-state index contributed by atoms with van der Waals surface area (Å²) in [5, 5.41) is 8.47. The smallest absolute Gasteiger partial charge is 0.329 e. The van der Waals surface area contributed by atoms with Crippen LogP contribution in [0.15, 0.2) is 41.5 Å². The largest absolute Gasteiger partial charge is 0.496 e. The monoisotopic (exact) mass is 311 g/mol. The van der Waals surface area contributed by atoms with E-state index in [4.69, 9.17) is 4.74 Å². The molecule has 2 aromatic carbocycles. The number of fused-ring (bicyclic) bond motifs is 1. The zero-order chi connectivity index (χ0) is 16.2. The molecule has 0 aliphatic heterocycles. The predicted octanol–water partition coefficient (Wildman–Crippen LogP) is 1.58. The second-order valence-electron chi connectivity index (χ2n) is 5.35. The molecule has 1 aliphatic carbocycles. The third-order valence-electron chi connectivity index (χ3n) is 3.63. The molecule has 0 aromatic heterocycles. The van der Waals surface area contributed by atoms with Crippen molar-refractivity contribution in [2.45, 2.75) is 18.9 Å². The quantitative estimate of drug-likeness (QED) is 0.511. The summed E-state index contributed by atoms with van der Waals surface area (Å²) < 4.78 is 5.34. The van der Waals surface area contributed by atoms with Crippen LogP contribution in [0.5, 0.6) is 5.75 Å². The SMILES string of the molecule is COc1ccc2ccccc2c1/C=N\NC(=O)C(=O)NC1CC1. The number of hydrazone groups is 1. The Bertz CT molecular complexity index is 782. The Morgan fingerprint density at radius 3 is 2.70 bits per heavy atom. The number of nitrogens with one attached hydrogen (secondary N) is 2. The van der Waals surface area contributed by atoms with Crippen LogP contribution in [-0.4, -0.2) is 31.2 Å². The molecule has 118 valence electrons. The molecule has 2 aromatic rings. The lowest BCUT2D eigenvalue weighted by molar-refractivity contribution is -0.139. The number of benzene rings is 2. The van der Waals surface area contributed by atoms with Crippen LogP contribution < -0.4 is 15.5 Å². The predicted molar refractivity (Wildman–Crippen MR) is 87.4 cm³/mol. The van der Waals surface area contributed by atoms with Crippen LogP contribution in [0.3, 0.4) is 0 Å². The Balaban J connectivity index is 1.77. The Kier molecular flexibility index (Phi) is 4.23. The number of amides is 2. The van der Waals surface area contributed by atoms with Gasteiger partial charge in [0.15, 0.2) is 0 Å². The van der Waals surface area contributed by atoms with Gasteiger partial charge in [0.05, 0.1) is 13.3 Å². The highest BCUT2D eigenvalue weighted by Crippen LogP contribution is 2.26. The first-order valence-electron chi connectivity index (χ1n) is 7.38. The van der Waals surface area contributed by atoms with Crippen molar-refractivity contribution < 1.29 is 14.3 Å². The first-order chi connectivity index (χ1) is 11.2. The third kappa shape index (κ3) is 3.48. The molecule has 0 bridgehead atoms. The van der Waals surface area contributed by atoms with Crippen LogP contribution in [0, 0.1) is 0 Å². The van der Waals surface area contributed by atoms with Gasteiger partial charge in [-0.1, -0.05) is 30.3 Å². The lowest BCUT2D eigenvalue weighted by atomic mass is 10.0. The molecule has 23 heavy (non-hydrogen) atoms. The van der Waals surface area contributed by atoms with Crippen molar-refractivity contribution in [1.29, 1.82) is 0 Å². The fraction of sp³-hybridized carbons (Fsp3) is 0.235. The lowest BCUT2D eigenvalue weighted by Gasteiger charge is -2.08. The van der Waals surface area contributed by atoms with Crippen molar-refractivity contribution in [1.82, 2.24) is 10.7 Å². The van der Waals surface area contributed by atoms with E-state index in [1.54, 1.807) is 7.11 Å². The van der Waals surface area contributed by atoms with E-state index in [1.165, 1.54) is 6.21 Å². The lowest BCUT2D eigenvalue weighted by Crippen LogP contribution is -2.38. The number of hydrogen-bond donors (Lipinski definition) is 2. The highest BCUT2D eigenvalue weighted by Gasteiger charge is 2.26. The molecule has 0 radical (unpaired) electrons. The van der Waals surface area contributed by atoms with Gasteiger partial charge in [0.1, 0.15) is 5.75 Å². The van der Waals surface area contributed by atoms with Gasteiger partial charge in [0.25, 0.3) is 0 Å². The van der Waals surface area contributed by atoms with E-state index in [9.17, 15) is 9.59 Å². The summed E-state index contributed by atoms with van der Waals surface area (Å²) in [4.78, 5) is 23.2. The van der Waals surface area contributed by atoms with E-state index in [0.29, 0.717) is 5.75 Å². The summed E-state index contributed by atoms with van der Waals surface area (Å²) in [6.45, 7) is 0. The van der Waals surface area contributed by atoms with Gasteiger partial charge in [-0.25, -0.2) is 5.43 Å². The molecule has 1 fully saturated rings. The molecule has 0 saturated heterocycles. The maximum Gasteiger partial charge on any atom is 0.329 e. The van der Waals surface area contributed by atoms with Gasteiger partial charge in [-0.15, -0.1) is 0 Å². The Morgan fingerprint density at radius 1 is 1.17 bits per heavy atom. The van der Waals surface area contributed by atoms with E-state index < -0.39 is 11.8 Å². The highest BCUT2D eigenvalue weighted by atomic mass is 16.5. The first kappa shape index (κ1) is 15.0. The molecule has 0 atom stereocenters. The number of carbonyl (C=O) groups is 2. The molecular weight excluding hydrogens is 294 g/mol. The summed E-state index contributed by atoms with van der Waals surface area (Å²) in [6, 6.07) is 11.7. The van der Waals surface area contributed by atoms with Crippen LogP contribution in [0.25, 0.3) is 10.8 Å². The van der Waals surface area contributed by atoms with Crippen LogP contribution in [0.1, 0.15) is 18.4 Å². The summed E-state index contributed by atoms with van der Waals surface area (Å²) in [6.07, 6.45) is 3.34. The van der Waals surface area contributed by atoms with Crippen LogP contribution >= 0.6 is 0 Å². The van der Waals surface area contributed by atoms with Crippen LogP contribution in [0.4, 0.5) is 0 Å². The zero-order valence-electron chi connectivity index (χ0n) is 12.7. The molecule has 0 heterocycles. The minimum atomic E-state index is -0.771. The van der Waals surface area contributed by atoms with Crippen LogP contribution in [0.2, 0.25) is 0 Å². The van der Waals surface area contributed by atoms with Gasteiger partial charge in [0.2, 0.25) is 0 Å². The van der Waals surface area contributed by atoms with Crippen LogP contribution in [-0.2, 0) is 9.59 Å². The second kappa shape index (κ2) is 6.48. The number of rotatable bonds is 4. The van der Waals surface area contributed by atoms with E-state index in [1.807, 2.05) is 36.4 Å². The second-order valence-corrected chi connectivity index (χ2v) is 5.35. The van der Waals surface area contributed by atoms with E-state index in [0.717, 1.165) is 29.2 Å². The number of hydrogen-bond acceptors (Lipinski definition) is 4. The van der Waals surface area contributed by atoms with Gasteiger partial charge in [0, 0.05) is 11.6 Å². The normalized spacial score (nSPS) is 14.0. The van der Waals surface area contributed by atoms with Gasteiger partial charge in [-0.05, 0) is 29.7 Å². The molecule has 3 rings (SSSR count). The van der Waals surface area contributed by atoms with Gasteiger partial charge in [-0.3, -0.25) is 9.59 Å². The fourth-order valence-electron chi connectivity index (χ4n) is 2.27. The maximum atomic E-state index is 11.6. The van der Waals surface area contributed by atoms with Gasteiger partial charge < -0.3 is 10.1 Å². The van der Waals surface area contributed by atoms with Crippen molar-refractivity contribution in [3.63, 3.8) is 0 Å². The molecule has 0 unspecified atom stereocenters. The Hall–Kier alpha value is -2.89. The number of methoxy groups -OCH3 is 1. The Labute approximate surface area is 133 Å². The number of nitrogens with zero attached hydrogens (tertiary/aromatic N) is 1. The standard InChI is InChI=1S/C17H17N3O3/c1-23-15-9-6-11-4-2-3-5-13(11)14(15)10-18-20-17(22)16(21)19-12-7-8-12/h2-6,9-10,12H,7-8H2,1H3,(H,19,21)(H,20,22)/b18-10-. The molecule has 0 spiro atoms. The molecule has 2 amide bonds. The van der Waals surface area contributed by atoms with Crippen molar-refractivity contribution in [2.24, 2.45) is 5.10 Å². The van der Waals surface area contributed by atoms with E-state index in [2.05, 4.69) is 15.8 Å². The fourth-order valence-corrected chi connectivity index (χ4v) is 2.27. The van der Waals surface area contributed by atoms with Gasteiger partial charge in [-0.2, -0.15) is 5.10 Å². The molecule has 1 aliphatic rings. The maximum absolute atomic E-state index is 11.6. The molecular formula is C17H17N3O3. The summed E-state index contributed by atoms with van der Waals surface area (Å²) in [5.74, 6) is -0.786. The minimum absolute atomic E-state index is 0.135. The molecule has 1 saturated carbocycles. The van der Waals surface area contributed by atoms with E-state index in [-0.39, 0.29) is 6.04 Å². The first-order valence-corrected chi connectivity index (χ1v) is 7.38. The van der Waals surface area contributed by atoms with Gasteiger partial charge >= 0.3 is 11.8 Å². The summed E-state index contributed by atoms with van der Waals surface area (Å²) in [7, 11) is 1.57. The van der Waals surface area contributed by atoms with E-state index >= 15 is 0 Å². The summed E-state index contributed by atoms with van der Waals surface area (Å²) in [5.41, 5.74) is 2.99. The zero-order valence-corrected chi connectivity index (χ0v) is 12.7. The van der Waals surface area contributed by atoms with Crippen molar-refractivity contribution >= 4 is 28.8 Å². The number of ether oxygens (including phenoxy) is 1. The van der Waals surface area contributed by atoms with Crippen molar-refractivity contribution in [3.8, 4) is 5.75 Å². The highest BCUT2D eigenvalue weighted by molar-refractivity contribution is 6.35. The molecule has 6 heteroatoms. The molecule has 2 N–H and O–H groups in total. The minimum Gasteiger partial charge on any atom is -0.496 e.